The third kappa shape index (κ3) is 6.94. The summed E-state index contributed by atoms with van der Waals surface area (Å²) in [6.45, 7) is 9.37. The van der Waals surface area contributed by atoms with Gasteiger partial charge in [-0.25, -0.2) is 4.99 Å². The van der Waals surface area contributed by atoms with Crippen LogP contribution in [0.2, 0.25) is 0 Å². The van der Waals surface area contributed by atoms with Gasteiger partial charge in [-0.1, -0.05) is 37.1 Å². The molecule has 2 fully saturated rings. The molecule has 1 aromatic heterocycles. The summed E-state index contributed by atoms with van der Waals surface area (Å²) in [5, 5.41) is 7.83. The number of likely N-dealkylation sites (tertiary alicyclic amines) is 2. The number of hydrogen-bond acceptors (Lipinski definition) is 3. The molecule has 3 heterocycles. The van der Waals surface area contributed by atoms with Crippen LogP contribution in [0.1, 0.15) is 61.6 Å². The molecule has 1 atom stereocenters. The van der Waals surface area contributed by atoms with Crippen LogP contribution in [0.15, 0.2) is 41.7 Å². The van der Waals surface area contributed by atoms with Gasteiger partial charge in [0.2, 0.25) is 0 Å². The Morgan fingerprint density at radius 2 is 1.78 bits per heavy atom. The number of halogens is 1. The summed E-state index contributed by atoms with van der Waals surface area (Å²) in [5.41, 5.74) is 4.03. The van der Waals surface area contributed by atoms with E-state index in [4.69, 9.17) is 4.99 Å². The molecule has 7 heteroatoms. The molecule has 0 amide bonds. The molecule has 0 radical (unpaired) electrons. The lowest BCUT2D eigenvalue weighted by molar-refractivity contribution is 0.277. The molecule has 1 N–H and O–H groups in total. The average molecular weight is 551 g/mol. The van der Waals surface area contributed by atoms with Crippen molar-refractivity contribution in [2.24, 2.45) is 12.0 Å². The number of benzene rings is 1. The normalized spacial score (nSPS) is 20.1. The summed E-state index contributed by atoms with van der Waals surface area (Å²) >= 11 is 0. The van der Waals surface area contributed by atoms with E-state index in [-0.39, 0.29) is 24.0 Å². The zero-order valence-electron chi connectivity index (χ0n) is 19.7. The van der Waals surface area contributed by atoms with E-state index in [1.165, 1.54) is 55.5 Å². The largest absolute Gasteiger partial charge is 0.357 e. The lowest BCUT2D eigenvalue weighted by Gasteiger charge is -2.21. The zero-order valence-corrected chi connectivity index (χ0v) is 22.0. The maximum absolute atomic E-state index is 4.96. The van der Waals surface area contributed by atoms with Crippen molar-refractivity contribution in [3.05, 3.63) is 53.3 Å². The van der Waals surface area contributed by atoms with Crippen molar-refractivity contribution in [1.29, 1.82) is 0 Å². The van der Waals surface area contributed by atoms with Crippen molar-refractivity contribution >= 4 is 29.9 Å². The van der Waals surface area contributed by atoms with E-state index in [2.05, 4.69) is 57.6 Å². The summed E-state index contributed by atoms with van der Waals surface area (Å²) < 4.78 is 1.90. The first-order valence-corrected chi connectivity index (χ1v) is 12.0. The first kappa shape index (κ1) is 25.0. The van der Waals surface area contributed by atoms with Gasteiger partial charge < -0.3 is 10.2 Å². The average Bonchev–Trinajstić information content (AvgIpc) is 3.36. The lowest BCUT2D eigenvalue weighted by Crippen LogP contribution is -2.40. The van der Waals surface area contributed by atoms with Crippen LogP contribution < -0.4 is 5.32 Å². The standard InChI is InChI=1S/C25H38N6.HI/c1-3-26-25(31-15-12-23(20-31)24-17-28-29(2)19-24)27-16-21-8-10-22(11-9-21)18-30-13-6-4-5-7-14-30;/h8-11,17,19,23H,3-7,12-16,18,20H2,1-2H3,(H,26,27);1H. The highest BCUT2D eigenvalue weighted by Crippen LogP contribution is 2.26. The maximum Gasteiger partial charge on any atom is 0.194 e. The fraction of sp³-hybridized carbons (Fsp3) is 0.600. The van der Waals surface area contributed by atoms with Crippen molar-refractivity contribution in [3.63, 3.8) is 0 Å². The van der Waals surface area contributed by atoms with Crippen molar-refractivity contribution in [3.8, 4) is 0 Å². The molecule has 2 aliphatic rings. The summed E-state index contributed by atoms with van der Waals surface area (Å²) in [4.78, 5) is 9.96. The molecule has 2 aromatic rings. The molecule has 0 saturated carbocycles. The maximum atomic E-state index is 4.96. The minimum atomic E-state index is 0. The fourth-order valence-electron chi connectivity index (χ4n) is 4.77. The fourth-order valence-corrected chi connectivity index (χ4v) is 4.77. The van der Waals surface area contributed by atoms with E-state index in [1.54, 1.807) is 0 Å². The summed E-state index contributed by atoms with van der Waals surface area (Å²) in [7, 11) is 1.99. The van der Waals surface area contributed by atoms with Crippen molar-refractivity contribution in [1.82, 2.24) is 24.9 Å². The van der Waals surface area contributed by atoms with E-state index >= 15 is 0 Å². The van der Waals surface area contributed by atoms with Gasteiger partial charge in [0.1, 0.15) is 0 Å². The number of aryl methyl sites for hydroxylation is 1. The Hall–Kier alpha value is -1.61. The van der Waals surface area contributed by atoms with E-state index < -0.39 is 0 Å². The number of hydrogen-bond donors (Lipinski definition) is 1. The molecule has 1 aromatic carbocycles. The van der Waals surface area contributed by atoms with Gasteiger partial charge in [0.25, 0.3) is 0 Å². The van der Waals surface area contributed by atoms with Gasteiger partial charge in [-0.2, -0.15) is 5.10 Å². The Labute approximate surface area is 210 Å². The second kappa shape index (κ2) is 12.6. The number of aliphatic imine (C=N–C) groups is 1. The van der Waals surface area contributed by atoms with Gasteiger partial charge in [-0.05, 0) is 56.0 Å². The predicted octanol–water partition coefficient (Wildman–Crippen LogP) is 4.37. The molecule has 2 aliphatic heterocycles. The highest BCUT2D eigenvalue weighted by atomic mass is 127. The van der Waals surface area contributed by atoms with Crippen molar-refractivity contribution in [2.75, 3.05) is 32.7 Å². The molecule has 0 aliphatic carbocycles. The van der Waals surface area contributed by atoms with Crippen LogP contribution in [0, 0.1) is 0 Å². The highest BCUT2D eigenvalue weighted by molar-refractivity contribution is 14.0. The predicted molar refractivity (Wildman–Crippen MR) is 143 cm³/mol. The molecule has 0 spiro atoms. The quantitative estimate of drug-likeness (QED) is 0.330. The third-order valence-corrected chi connectivity index (χ3v) is 6.56. The molecule has 2 saturated heterocycles. The van der Waals surface area contributed by atoms with Gasteiger partial charge in [-0.15, -0.1) is 24.0 Å². The number of nitrogens with one attached hydrogen (secondary N) is 1. The number of nitrogens with zero attached hydrogens (tertiary/aromatic N) is 5. The first-order chi connectivity index (χ1) is 15.2. The summed E-state index contributed by atoms with van der Waals surface area (Å²) in [5.74, 6) is 1.57. The van der Waals surface area contributed by atoms with Crippen LogP contribution in [-0.4, -0.2) is 58.3 Å². The Morgan fingerprint density at radius 3 is 2.44 bits per heavy atom. The van der Waals surface area contributed by atoms with Gasteiger partial charge >= 0.3 is 0 Å². The molecule has 6 nitrogen and oxygen atoms in total. The zero-order chi connectivity index (χ0) is 21.5. The monoisotopic (exact) mass is 550 g/mol. The Bertz CT molecular complexity index is 838. The summed E-state index contributed by atoms with van der Waals surface area (Å²) in [6, 6.07) is 9.08. The molecule has 4 rings (SSSR count). The molecular formula is C25H39IN6. The van der Waals surface area contributed by atoms with Crippen LogP contribution in [0.5, 0.6) is 0 Å². The lowest BCUT2D eigenvalue weighted by atomic mass is 10.0. The number of aromatic nitrogens is 2. The minimum Gasteiger partial charge on any atom is -0.357 e. The smallest absolute Gasteiger partial charge is 0.194 e. The Morgan fingerprint density at radius 1 is 1.06 bits per heavy atom. The SMILES string of the molecule is CCNC(=NCc1ccc(CN2CCCCCC2)cc1)N1CCC(c2cnn(C)c2)C1.I. The van der Waals surface area contributed by atoms with Crippen molar-refractivity contribution in [2.45, 2.75) is 58.0 Å². The second-order valence-electron chi connectivity index (χ2n) is 9.06. The molecule has 0 bridgehead atoms. The topological polar surface area (TPSA) is 48.7 Å². The Kier molecular flexibility index (Phi) is 9.84. The molecule has 1 unspecified atom stereocenters. The Balaban J connectivity index is 0.00000289. The molecule has 176 valence electrons. The van der Waals surface area contributed by atoms with Gasteiger partial charge in [0.15, 0.2) is 5.96 Å². The van der Waals surface area contributed by atoms with E-state index in [0.717, 1.165) is 45.1 Å². The minimum absolute atomic E-state index is 0. The van der Waals surface area contributed by atoms with Crippen LogP contribution >= 0.6 is 24.0 Å². The molecule has 32 heavy (non-hydrogen) atoms. The second-order valence-corrected chi connectivity index (χ2v) is 9.06. The van der Waals surface area contributed by atoms with E-state index in [9.17, 15) is 0 Å². The third-order valence-electron chi connectivity index (χ3n) is 6.56. The van der Waals surface area contributed by atoms with Gasteiger partial charge in [0.05, 0.1) is 12.7 Å². The van der Waals surface area contributed by atoms with Crippen LogP contribution in [-0.2, 0) is 20.1 Å². The van der Waals surface area contributed by atoms with E-state index in [1.807, 2.05) is 17.9 Å². The van der Waals surface area contributed by atoms with Crippen LogP contribution in [0.3, 0.4) is 0 Å². The highest BCUT2D eigenvalue weighted by Gasteiger charge is 2.26. The van der Waals surface area contributed by atoms with Crippen LogP contribution in [0.4, 0.5) is 0 Å². The van der Waals surface area contributed by atoms with Gasteiger partial charge in [-0.3, -0.25) is 9.58 Å². The van der Waals surface area contributed by atoms with Gasteiger partial charge in [0, 0.05) is 45.3 Å². The number of rotatable bonds is 6. The number of guanidine groups is 1. The summed E-state index contributed by atoms with van der Waals surface area (Å²) in [6.07, 6.45) is 10.8. The first-order valence-electron chi connectivity index (χ1n) is 12.0. The molecular weight excluding hydrogens is 511 g/mol. The van der Waals surface area contributed by atoms with Crippen molar-refractivity contribution < 1.29 is 0 Å². The van der Waals surface area contributed by atoms with Crippen LogP contribution in [0.25, 0.3) is 0 Å². The van der Waals surface area contributed by atoms with E-state index in [0.29, 0.717) is 5.92 Å².